The molecule has 3 aromatic heterocycles. The van der Waals surface area contributed by atoms with Crippen molar-refractivity contribution in [2.24, 2.45) is 0 Å². The van der Waals surface area contributed by atoms with E-state index in [1.807, 2.05) is 48.8 Å². The van der Waals surface area contributed by atoms with E-state index in [0.29, 0.717) is 0 Å². The average Bonchev–Trinajstić information content (AvgIpc) is 2.49. The van der Waals surface area contributed by atoms with E-state index in [4.69, 9.17) is 0 Å². The number of hydrogen-bond donors (Lipinski definition) is 0. The summed E-state index contributed by atoms with van der Waals surface area (Å²) in [5.74, 6) is 0. The second-order valence-corrected chi connectivity index (χ2v) is 3.88. The molecule has 19 heavy (non-hydrogen) atoms. The van der Waals surface area contributed by atoms with Gasteiger partial charge in [-0.3, -0.25) is 15.0 Å². The van der Waals surface area contributed by atoms with E-state index in [0.717, 1.165) is 22.4 Å². The summed E-state index contributed by atoms with van der Waals surface area (Å²) in [6.07, 6.45) is 8.99. The predicted molar refractivity (Wildman–Crippen MR) is 70.7 cm³/mol. The maximum Gasteiger partial charge on any atom is 0.0796 e. The fourth-order valence-corrected chi connectivity index (χ4v) is 1.89. The number of nitrogens with zero attached hydrogens (tertiary/aromatic N) is 3. The Balaban J connectivity index is 0.00000133. The molecular weight excluding hydrogens is 362 g/mol. The molecule has 0 atom stereocenters. The van der Waals surface area contributed by atoms with Gasteiger partial charge in [0.1, 0.15) is 0 Å². The van der Waals surface area contributed by atoms with Crippen molar-refractivity contribution in [3.63, 3.8) is 0 Å². The Bertz CT molecular complexity index is 583. The molecule has 0 N–H and O–H groups in total. The van der Waals surface area contributed by atoms with Crippen LogP contribution in [-0.2, 0) is 0 Å². The van der Waals surface area contributed by atoms with Gasteiger partial charge in [0.2, 0.25) is 0 Å². The molecule has 0 unspecified atom stereocenters. The van der Waals surface area contributed by atoms with E-state index in [-0.39, 0.29) is 41.7 Å². The second-order valence-electron chi connectivity index (χ2n) is 3.88. The molecule has 0 saturated carbocycles. The molecule has 0 bridgehead atoms. The zero-order chi connectivity index (χ0) is 12.2. The number of rotatable bonds is 2. The molecule has 4 heteroatoms. The number of aromatic nitrogens is 3. The smallest absolute Gasteiger partial charge is 0.0796 e. The van der Waals surface area contributed by atoms with E-state index in [1.54, 1.807) is 18.6 Å². The van der Waals surface area contributed by atoms with Crippen LogP contribution in [0.1, 0.15) is 0 Å². The van der Waals surface area contributed by atoms with Gasteiger partial charge in [-0.05, 0) is 24.3 Å². The van der Waals surface area contributed by atoms with Gasteiger partial charge in [-0.1, -0.05) is 12.1 Å². The minimum atomic E-state index is 0. The summed E-state index contributed by atoms with van der Waals surface area (Å²) in [6.45, 7) is 0. The Labute approximate surface area is 145 Å². The molecule has 3 heterocycles. The third-order valence-corrected chi connectivity index (χ3v) is 2.72. The van der Waals surface area contributed by atoms with Crippen molar-refractivity contribution >= 4 is 0 Å². The molecule has 0 radical (unpaired) electrons. The SMILES string of the molecule is [Ce].c1cncc(-c2cccnc2-c2cccnc2)c1. The normalized spacial score (nSPS) is 9.68. The summed E-state index contributed by atoms with van der Waals surface area (Å²) < 4.78 is 0. The molecule has 0 aromatic carbocycles. The summed E-state index contributed by atoms with van der Waals surface area (Å²) in [4.78, 5) is 12.8. The quantitative estimate of drug-likeness (QED) is 0.693. The van der Waals surface area contributed by atoms with Gasteiger partial charge in [0, 0.05) is 89.4 Å². The molecule has 0 spiro atoms. The molecular formula is C15H11CeN3. The Morgan fingerprint density at radius 2 is 1.32 bits per heavy atom. The predicted octanol–water partition coefficient (Wildman–Crippen LogP) is 3.21. The first-order chi connectivity index (χ1) is 8.95. The largest absolute Gasteiger partial charge is 0.264 e. The third-order valence-electron chi connectivity index (χ3n) is 2.72. The van der Waals surface area contributed by atoms with Gasteiger partial charge in [-0.25, -0.2) is 0 Å². The first-order valence-electron chi connectivity index (χ1n) is 5.71. The van der Waals surface area contributed by atoms with Crippen LogP contribution in [-0.4, -0.2) is 15.0 Å². The van der Waals surface area contributed by atoms with Crippen molar-refractivity contribution in [2.75, 3.05) is 0 Å². The molecule has 0 aliphatic heterocycles. The summed E-state index contributed by atoms with van der Waals surface area (Å²) in [6, 6.07) is 11.9. The topological polar surface area (TPSA) is 38.7 Å². The molecule has 0 aliphatic rings. The van der Waals surface area contributed by atoms with Crippen LogP contribution in [0.3, 0.4) is 0 Å². The van der Waals surface area contributed by atoms with Crippen molar-refractivity contribution in [3.8, 4) is 22.4 Å². The molecule has 0 amide bonds. The molecule has 0 fully saturated rings. The molecule has 3 aromatic rings. The van der Waals surface area contributed by atoms with Gasteiger partial charge in [0.25, 0.3) is 0 Å². The van der Waals surface area contributed by atoms with Crippen molar-refractivity contribution in [1.82, 2.24) is 15.0 Å². The van der Waals surface area contributed by atoms with Crippen molar-refractivity contribution < 1.29 is 41.7 Å². The fraction of sp³-hybridized carbons (Fsp3) is 0. The summed E-state index contributed by atoms with van der Waals surface area (Å²) in [5.41, 5.74) is 4.07. The average molecular weight is 373 g/mol. The summed E-state index contributed by atoms with van der Waals surface area (Å²) in [5, 5.41) is 0. The maximum atomic E-state index is 4.46. The maximum absolute atomic E-state index is 4.46. The number of pyridine rings is 3. The zero-order valence-electron chi connectivity index (χ0n) is 10.2. The fourth-order valence-electron chi connectivity index (χ4n) is 1.89. The standard InChI is InChI=1S/C15H11N3.Ce/c1-4-12(10-16-7-1)14-6-3-9-18-15(14)13-5-2-8-17-11-13;/h1-11H;. The molecule has 0 saturated heterocycles. The molecule has 0 aliphatic carbocycles. The van der Waals surface area contributed by atoms with Gasteiger partial charge in [0.15, 0.2) is 0 Å². The minimum absolute atomic E-state index is 0. The van der Waals surface area contributed by atoms with E-state index < -0.39 is 0 Å². The third kappa shape index (κ3) is 3.23. The van der Waals surface area contributed by atoms with Gasteiger partial charge in [-0.15, -0.1) is 0 Å². The first kappa shape index (κ1) is 14.2. The van der Waals surface area contributed by atoms with Gasteiger partial charge in [-0.2, -0.15) is 0 Å². The van der Waals surface area contributed by atoms with Crippen LogP contribution >= 0.6 is 0 Å². The minimum Gasteiger partial charge on any atom is -0.264 e. The zero-order valence-corrected chi connectivity index (χ0v) is 13.3. The van der Waals surface area contributed by atoms with Crippen molar-refractivity contribution in [2.45, 2.75) is 0 Å². The van der Waals surface area contributed by atoms with Crippen LogP contribution in [0.5, 0.6) is 0 Å². The van der Waals surface area contributed by atoms with Crippen LogP contribution in [0.25, 0.3) is 22.4 Å². The van der Waals surface area contributed by atoms with Crippen LogP contribution in [0.2, 0.25) is 0 Å². The van der Waals surface area contributed by atoms with Gasteiger partial charge >= 0.3 is 0 Å². The Hall–Kier alpha value is -1.17. The Morgan fingerprint density at radius 1 is 0.684 bits per heavy atom. The van der Waals surface area contributed by atoms with E-state index in [9.17, 15) is 0 Å². The first-order valence-corrected chi connectivity index (χ1v) is 5.71. The van der Waals surface area contributed by atoms with Gasteiger partial charge in [0.05, 0.1) is 5.69 Å². The second kappa shape index (κ2) is 6.84. The van der Waals surface area contributed by atoms with E-state index >= 15 is 0 Å². The summed E-state index contributed by atoms with van der Waals surface area (Å²) in [7, 11) is 0. The van der Waals surface area contributed by atoms with Crippen LogP contribution in [0.4, 0.5) is 0 Å². The van der Waals surface area contributed by atoms with Gasteiger partial charge < -0.3 is 0 Å². The molecule has 90 valence electrons. The number of hydrogen-bond acceptors (Lipinski definition) is 3. The van der Waals surface area contributed by atoms with Crippen molar-refractivity contribution in [3.05, 3.63) is 67.4 Å². The Kier molecular flexibility index (Phi) is 5.13. The Morgan fingerprint density at radius 3 is 1.95 bits per heavy atom. The van der Waals surface area contributed by atoms with Crippen LogP contribution < -0.4 is 0 Å². The van der Waals surface area contributed by atoms with Crippen LogP contribution in [0, 0.1) is 41.7 Å². The van der Waals surface area contributed by atoms with E-state index in [2.05, 4.69) is 15.0 Å². The molecule has 3 rings (SSSR count). The monoisotopic (exact) mass is 373 g/mol. The van der Waals surface area contributed by atoms with Crippen LogP contribution in [0.15, 0.2) is 67.4 Å². The van der Waals surface area contributed by atoms with E-state index in [1.165, 1.54) is 0 Å². The molecule has 3 nitrogen and oxygen atoms in total. The van der Waals surface area contributed by atoms with Crippen molar-refractivity contribution in [1.29, 1.82) is 0 Å². The summed E-state index contributed by atoms with van der Waals surface area (Å²) >= 11 is 0.